The maximum absolute atomic E-state index is 14.9. The van der Waals surface area contributed by atoms with Gasteiger partial charge in [-0.3, -0.25) is 19.3 Å². The lowest BCUT2D eigenvalue weighted by Crippen LogP contribution is -2.54. The van der Waals surface area contributed by atoms with Gasteiger partial charge in [-0.2, -0.15) is 4.39 Å². The van der Waals surface area contributed by atoms with Crippen molar-refractivity contribution in [2.45, 2.75) is 56.5 Å². The number of likely N-dealkylation sites (tertiary alicyclic amines) is 1. The van der Waals surface area contributed by atoms with E-state index in [-0.39, 0.29) is 35.1 Å². The van der Waals surface area contributed by atoms with E-state index in [1.807, 2.05) is 72.6 Å². The second-order valence-electron chi connectivity index (χ2n) is 14.1. The van der Waals surface area contributed by atoms with E-state index < -0.39 is 30.2 Å². The molecule has 1 unspecified atom stereocenters. The van der Waals surface area contributed by atoms with Gasteiger partial charge in [0.15, 0.2) is 23.3 Å². The van der Waals surface area contributed by atoms with Gasteiger partial charge in [-0.1, -0.05) is 73.5 Å². The molecule has 2 atom stereocenters. The summed E-state index contributed by atoms with van der Waals surface area (Å²) in [7, 11) is 1.94. The van der Waals surface area contributed by atoms with E-state index in [9.17, 15) is 23.2 Å². The number of halogens is 2. The van der Waals surface area contributed by atoms with Crippen LogP contribution in [0.3, 0.4) is 0 Å². The standard InChI is InChI=1S/C42H50F2N6O5S/c1-49-22-12-17-34(49)40(52)48-38(36(29-13-6-4-7-14-29)30-15-8-5-9-16-30)41(53)46-21-11-3-2-10-20-45-35(51)27-55-39-31(18-19-32(43)37(39)44)33-28-56-42(47-33)50-23-25-54-26-24-50/h4-9,13-16,18-19,28,34,36,38H,2-3,10-12,17,20-27H2,1H3,(H,45,51)(H,46,53)(H,48,52)/t34-,38?/m0/s1. The monoisotopic (exact) mass is 788 g/mol. The molecule has 3 N–H and O–H groups in total. The second-order valence-corrected chi connectivity index (χ2v) is 15.0. The summed E-state index contributed by atoms with van der Waals surface area (Å²) in [6.07, 6.45) is 4.67. The van der Waals surface area contributed by atoms with E-state index in [1.165, 1.54) is 17.4 Å². The minimum absolute atomic E-state index is 0.145. The molecule has 4 aromatic rings. The van der Waals surface area contributed by atoms with Crippen LogP contribution in [-0.2, 0) is 19.1 Å². The molecular formula is C42H50F2N6O5S. The van der Waals surface area contributed by atoms with Crippen LogP contribution in [0.4, 0.5) is 13.9 Å². The number of aromatic nitrogens is 1. The number of thiazole rings is 1. The first kappa shape index (κ1) is 40.7. The number of rotatable bonds is 18. The number of benzene rings is 3. The molecule has 0 spiro atoms. The highest BCUT2D eigenvalue weighted by Crippen LogP contribution is 2.36. The molecule has 3 heterocycles. The van der Waals surface area contributed by atoms with Crippen molar-refractivity contribution in [2.24, 2.45) is 0 Å². The van der Waals surface area contributed by atoms with Crippen molar-refractivity contribution in [3.8, 4) is 17.0 Å². The summed E-state index contributed by atoms with van der Waals surface area (Å²) in [6.45, 7) is 3.73. The van der Waals surface area contributed by atoms with E-state index in [2.05, 4.69) is 25.8 Å². The molecule has 1 aromatic heterocycles. The largest absolute Gasteiger partial charge is 0.480 e. The van der Waals surface area contributed by atoms with Gasteiger partial charge in [0.1, 0.15) is 6.04 Å². The van der Waals surface area contributed by atoms with Crippen LogP contribution in [0, 0.1) is 11.6 Å². The Morgan fingerprint density at radius 3 is 2.20 bits per heavy atom. The smallest absolute Gasteiger partial charge is 0.257 e. The van der Waals surface area contributed by atoms with E-state index in [1.54, 1.807) is 5.38 Å². The molecule has 298 valence electrons. The predicted octanol–water partition coefficient (Wildman–Crippen LogP) is 5.51. The second kappa shape index (κ2) is 20.3. The average Bonchev–Trinajstić information content (AvgIpc) is 3.90. The predicted molar refractivity (Wildman–Crippen MR) is 213 cm³/mol. The number of carbonyl (C=O) groups excluding carboxylic acids is 3. The van der Waals surface area contributed by atoms with Gasteiger partial charge < -0.3 is 30.3 Å². The minimum Gasteiger partial charge on any atom is -0.480 e. The zero-order valence-electron chi connectivity index (χ0n) is 31.7. The quantitative estimate of drug-likeness (QED) is 0.113. The van der Waals surface area contributed by atoms with E-state index in [0.717, 1.165) is 54.6 Å². The highest BCUT2D eigenvalue weighted by molar-refractivity contribution is 7.14. The average molecular weight is 789 g/mol. The number of hydrogen-bond acceptors (Lipinski definition) is 9. The number of likely N-dealkylation sites (N-methyl/N-ethyl adjacent to an activating group) is 1. The van der Waals surface area contributed by atoms with Crippen molar-refractivity contribution < 1.29 is 32.6 Å². The maximum atomic E-state index is 14.9. The molecule has 0 aliphatic carbocycles. The number of ether oxygens (including phenoxy) is 2. The summed E-state index contributed by atoms with van der Waals surface area (Å²) in [5.41, 5.74) is 2.58. The third kappa shape index (κ3) is 10.7. The molecule has 3 amide bonds. The first-order valence-electron chi connectivity index (χ1n) is 19.3. The van der Waals surface area contributed by atoms with Crippen LogP contribution in [-0.4, -0.2) is 99.3 Å². The lowest BCUT2D eigenvalue weighted by molar-refractivity contribution is -0.131. The van der Waals surface area contributed by atoms with Gasteiger partial charge in [0.2, 0.25) is 17.6 Å². The van der Waals surface area contributed by atoms with Crippen LogP contribution in [0.25, 0.3) is 11.3 Å². The Morgan fingerprint density at radius 2 is 1.55 bits per heavy atom. The fourth-order valence-electron chi connectivity index (χ4n) is 7.19. The minimum atomic E-state index is -1.17. The zero-order valence-corrected chi connectivity index (χ0v) is 32.5. The zero-order chi connectivity index (χ0) is 39.3. The first-order valence-corrected chi connectivity index (χ1v) is 20.2. The summed E-state index contributed by atoms with van der Waals surface area (Å²) >= 11 is 1.39. The SMILES string of the molecule is CN1CCC[C@H]1C(=O)NC(C(=O)NCCCCCCNC(=O)COc1c(-c2csc(N3CCOCC3)n2)ccc(F)c1F)C(c1ccccc1)c1ccccc1. The number of morpholine rings is 1. The number of anilines is 1. The van der Waals surface area contributed by atoms with Crippen LogP contribution >= 0.6 is 11.3 Å². The van der Waals surface area contributed by atoms with Gasteiger partial charge in [0, 0.05) is 43.0 Å². The molecule has 0 saturated carbocycles. The van der Waals surface area contributed by atoms with Crippen molar-refractivity contribution in [1.29, 1.82) is 0 Å². The van der Waals surface area contributed by atoms with Crippen molar-refractivity contribution in [2.75, 3.05) is 64.5 Å². The van der Waals surface area contributed by atoms with Gasteiger partial charge in [-0.25, -0.2) is 9.37 Å². The van der Waals surface area contributed by atoms with Crippen molar-refractivity contribution in [3.05, 3.63) is 101 Å². The lowest BCUT2D eigenvalue weighted by Gasteiger charge is -2.30. The Morgan fingerprint density at radius 1 is 0.893 bits per heavy atom. The Kier molecular flexibility index (Phi) is 14.8. The van der Waals surface area contributed by atoms with Crippen molar-refractivity contribution in [1.82, 2.24) is 25.8 Å². The molecular weight excluding hydrogens is 739 g/mol. The Balaban J connectivity index is 0.960. The van der Waals surface area contributed by atoms with Crippen LogP contribution in [0.5, 0.6) is 5.75 Å². The lowest BCUT2D eigenvalue weighted by atomic mass is 9.84. The highest BCUT2D eigenvalue weighted by Gasteiger charge is 2.36. The fraction of sp³-hybridized carbons (Fsp3) is 0.429. The summed E-state index contributed by atoms with van der Waals surface area (Å²) in [5, 5.41) is 11.5. The summed E-state index contributed by atoms with van der Waals surface area (Å²) in [4.78, 5) is 48.7. The number of hydrogen-bond donors (Lipinski definition) is 3. The highest BCUT2D eigenvalue weighted by atomic mass is 32.1. The molecule has 14 heteroatoms. The molecule has 2 aliphatic rings. The third-order valence-corrected chi connectivity index (χ3v) is 11.1. The molecule has 0 radical (unpaired) electrons. The van der Waals surface area contributed by atoms with Gasteiger partial charge in [0.25, 0.3) is 5.91 Å². The van der Waals surface area contributed by atoms with Crippen LogP contribution in [0.1, 0.15) is 55.6 Å². The summed E-state index contributed by atoms with van der Waals surface area (Å²) < 4.78 is 40.1. The third-order valence-electron chi connectivity index (χ3n) is 10.2. The molecule has 3 aromatic carbocycles. The van der Waals surface area contributed by atoms with Crippen molar-refractivity contribution in [3.63, 3.8) is 0 Å². The topological polar surface area (TPSA) is 125 Å². The number of unbranched alkanes of at least 4 members (excludes halogenated alkanes) is 3. The molecule has 0 bridgehead atoms. The molecule has 56 heavy (non-hydrogen) atoms. The number of nitrogens with one attached hydrogen (secondary N) is 3. The van der Waals surface area contributed by atoms with Gasteiger partial charge >= 0.3 is 0 Å². The van der Waals surface area contributed by atoms with Crippen molar-refractivity contribution >= 4 is 34.2 Å². The number of nitrogens with zero attached hydrogens (tertiary/aromatic N) is 3. The molecule has 2 aliphatic heterocycles. The number of amides is 3. The summed E-state index contributed by atoms with van der Waals surface area (Å²) in [5.74, 6) is -3.83. The molecule has 2 saturated heterocycles. The Labute approximate surface area is 330 Å². The van der Waals surface area contributed by atoms with Gasteiger partial charge in [-0.05, 0) is 62.5 Å². The van der Waals surface area contributed by atoms with Crippen LogP contribution in [0.15, 0.2) is 78.2 Å². The van der Waals surface area contributed by atoms with Gasteiger partial charge in [0.05, 0.1) is 24.9 Å². The maximum Gasteiger partial charge on any atom is 0.257 e. The van der Waals surface area contributed by atoms with E-state index in [0.29, 0.717) is 57.9 Å². The Bertz CT molecular complexity index is 1860. The molecule has 2 fully saturated rings. The van der Waals surface area contributed by atoms with E-state index in [4.69, 9.17) is 9.47 Å². The first-order chi connectivity index (χ1) is 27.3. The Hall–Kier alpha value is -4.92. The van der Waals surface area contributed by atoms with Crippen LogP contribution < -0.4 is 25.6 Å². The van der Waals surface area contributed by atoms with E-state index >= 15 is 0 Å². The molecule has 11 nitrogen and oxygen atoms in total. The summed E-state index contributed by atoms with van der Waals surface area (Å²) in [6, 6.07) is 20.9. The number of carbonyl (C=O) groups is 3. The normalized spacial score (nSPS) is 16.4. The van der Waals surface area contributed by atoms with Crippen LogP contribution in [0.2, 0.25) is 0 Å². The molecule has 6 rings (SSSR count). The fourth-order valence-corrected chi connectivity index (χ4v) is 8.07. The van der Waals surface area contributed by atoms with Gasteiger partial charge in [-0.15, -0.1) is 11.3 Å².